The van der Waals surface area contributed by atoms with Crippen molar-refractivity contribution in [2.75, 3.05) is 38.0 Å². The van der Waals surface area contributed by atoms with Crippen LogP contribution in [0.4, 0.5) is 5.69 Å². The maximum absolute atomic E-state index is 12.9. The number of hydrogen-bond acceptors (Lipinski definition) is 5. The lowest BCUT2D eigenvalue weighted by Gasteiger charge is -2.31. The molecule has 0 unspecified atom stereocenters. The first-order chi connectivity index (χ1) is 16.2. The highest BCUT2D eigenvalue weighted by molar-refractivity contribution is 7.89. The maximum Gasteiger partial charge on any atom is 0.251 e. The summed E-state index contributed by atoms with van der Waals surface area (Å²) in [7, 11) is -3.62. The lowest BCUT2D eigenvalue weighted by atomic mass is 10.0. The van der Waals surface area contributed by atoms with E-state index in [1.165, 1.54) is 10.4 Å². The summed E-state index contributed by atoms with van der Waals surface area (Å²) < 4.78 is 27.3. The molecule has 0 saturated carbocycles. The van der Waals surface area contributed by atoms with Crippen LogP contribution in [0.5, 0.6) is 0 Å². The number of benzene rings is 2. The summed E-state index contributed by atoms with van der Waals surface area (Å²) in [6, 6.07) is 14.2. The zero-order valence-electron chi connectivity index (χ0n) is 20.1. The predicted molar refractivity (Wildman–Crippen MR) is 133 cm³/mol. The van der Waals surface area contributed by atoms with E-state index in [0.29, 0.717) is 43.0 Å². The number of rotatable bonds is 9. The van der Waals surface area contributed by atoms with Gasteiger partial charge in [0.15, 0.2) is 0 Å². The Balaban J connectivity index is 1.53. The molecule has 1 heterocycles. The van der Waals surface area contributed by atoms with Crippen LogP contribution in [0, 0.1) is 6.92 Å². The summed E-state index contributed by atoms with van der Waals surface area (Å²) in [5.41, 5.74) is 1.75. The van der Waals surface area contributed by atoms with Crippen LogP contribution < -0.4 is 10.6 Å². The van der Waals surface area contributed by atoms with Gasteiger partial charge in [-0.05, 0) is 49.6 Å². The number of carbonyl (C=O) groups excluding carboxylic acids is 2. The second-order valence-corrected chi connectivity index (χ2v) is 10.4. The van der Waals surface area contributed by atoms with Crippen LogP contribution in [0.1, 0.15) is 42.6 Å². The van der Waals surface area contributed by atoms with E-state index in [2.05, 4.69) is 10.6 Å². The van der Waals surface area contributed by atoms with Crippen LogP contribution in [-0.2, 0) is 14.8 Å². The lowest BCUT2D eigenvalue weighted by molar-refractivity contribution is -0.117. The van der Waals surface area contributed by atoms with Crippen LogP contribution in [0.3, 0.4) is 0 Å². The van der Waals surface area contributed by atoms with E-state index in [1.807, 2.05) is 23.1 Å². The van der Waals surface area contributed by atoms with Crippen molar-refractivity contribution >= 4 is 27.5 Å². The molecule has 0 atom stereocenters. The predicted octanol–water partition coefficient (Wildman–Crippen LogP) is 2.86. The summed E-state index contributed by atoms with van der Waals surface area (Å²) in [4.78, 5) is 27.2. The van der Waals surface area contributed by atoms with Gasteiger partial charge in [-0.2, -0.15) is 4.31 Å². The van der Waals surface area contributed by atoms with Crippen molar-refractivity contribution in [1.82, 2.24) is 14.5 Å². The topological polar surface area (TPSA) is 98.8 Å². The summed E-state index contributed by atoms with van der Waals surface area (Å²) in [5, 5.41) is 5.90. The number of amides is 2. The van der Waals surface area contributed by atoms with Crippen LogP contribution in [0.25, 0.3) is 0 Å². The Morgan fingerprint density at radius 3 is 2.29 bits per heavy atom. The minimum atomic E-state index is -3.62. The molecule has 1 aliphatic heterocycles. The monoisotopic (exact) mass is 486 g/mol. The summed E-state index contributed by atoms with van der Waals surface area (Å²) in [6.45, 7) is 7.74. The molecule has 9 heteroatoms. The Kier molecular flexibility index (Phi) is 8.82. The minimum Gasteiger partial charge on any atom is -0.349 e. The van der Waals surface area contributed by atoms with Crippen molar-refractivity contribution in [2.45, 2.75) is 44.6 Å². The van der Waals surface area contributed by atoms with Gasteiger partial charge in [0.1, 0.15) is 0 Å². The van der Waals surface area contributed by atoms with E-state index in [0.717, 1.165) is 12.8 Å². The molecule has 1 saturated heterocycles. The third kappa shape index (κ3) is 6.43. The Morgan fingerprint density at radius 1 is 1.03 bits per heavy atom. The second kappa shape index (κ2) is 11.6. The fourth-order valence-electron chi connectivity index (χ4n) is 4.16. The van der Waals surface area contributed by atoms with Gasteiger partial charge in [0.2, 0.25) is 15.9 Å². The van der Waals surface area contributed by atoms with E-state index in [-0.39, 0.29) is 29.3 Å². The standard InChI is InChI=1S/C25H34N4O4S/c1-4-29(5-2)34(32,33)23-17-22(12-11-19(23)3)26-24(30)18-28-15-13-21(14-16-28)27-25(31)20-9-7-6-8-10-20/h6-12,17,21H,4-5,13-16,18H2,1-3H3,(H,26,30)(H,27,31). The second-order valence-electron chi connectivity index (χ2n) is 8.51. The Bertz CT molecular complexity index is 1090. The zero-order valence-corrected chi connectivity index (χ0v) is 20.9. The molecule has 1 aliphatic rings. The average Bonchev–Trinajstić information content (AvgIpc) is 2.82. The average molecular weight is 487 g/mol. The molecule has 2 N–H and O–H groups in total. The normalized spacial score (nSPS) is 15.3. The van der Waals surface area contributed by atoms with Gasteiger partial charge >= 0.3 is 0 Å². The Labute approximate surface area is 202 Å². The number of carbonyl (C=O) groups is 2. The third-order valence-electron chi connectivity index (χ3n) is 6.12. The van der Waals surface area contributed by atoms with Gasteiger partial charge in [-0.15, -0.1) is 0 Å². The van der Waals surface area contributed by atoms with Crippen LogP contribution in [0.15, 0.2) is 53.4 Å². The molecule has 0 spiro atoms. The maximum atomic E-state index is 12.9. The molecule has 2 amide bonds. The first kappa shape index (κ1) is 25.9. The number of piperidine rings is 1. The fourth-order valence-corrected chi connectivity index (χ4v) is 5.86. The molecule has 0 aliphatic carbocycles. The van der Waals surface area contributed by atoms with Crippen molar-refractivity contribution in [3.05, 3.63) is 59.7 Å². The van der Waals surface area contributed by atoms with Crippen molar-refractivity contribution in [1.29, 1.82) is 0 Å². The number of nitrogens with one attached hydrogen (secondary N) is 2. The molecule has 2 aromatic carbocycles. The smallest absolute Gasteiger partial charge is 0.251 e. The van der Waals surface area contributed by atoms with E-state index in [9.17, 15) is 18.0 Å². The highest BCUT2D eigenvalue weighted by Crippen LogP contribution is 2.24. The van der Waals surface area contributed by atoms with Crippen LogP contribution in [-0.4, -0.2) is 68.2 Å². The first-order valence-corrected chi connectivity index (χ1v) is 13.2. The molecule has 184 valence electrons. The van der Waals surface area contributed by atoms with Crippen LogP contribution >= 0.6 is 0 Å². The van der Waals surface area contributed by atoms with Crippen molar-refractivity contribution in [3.8, 4) is 0 Å². The van der Waals surface area contributed by atoms with Gasteiger partial charge < -0.3 is 10.6 Å². The molecule has 3 rings (SSSR count). The van der Waals surface area contributed by atoms with Gasteiger partial charge in [-0.25, -0.2) is 8.42 Å². The third-order valence-corrected chi connectivity index (χ3v) is 8.31. The molecule has 34 heavy (non-hydrogen) atoms. The highest BCUT2D eigenvalue weighted by atomic mass is 32.2. The van der Waals surface area contributed by atoms with Gasteiger partial charge in [0.25, 0.3) is 5.91 Å². The molecule has 1 fully saturated rings. The number of nitrogens with zero attached hydrogens (tertiary/aromatic N) is 2. The van der Waals surface area contributed by atoms with E-state index < -0.39 is 10.0 Å². The largest absolute Gasteiger partial charge is 0.349 e. The molecular weight excluding hydrogens is 452 g/mol. The van der Waals surface area contributed by atoms with Gasteiger partial charge in [0.05, 0.1) is 11.4 Å². The van der Waals surface area contributed by atoms with Crippen molar-refractivity contribution in [3.63, 3.8) is 0 Å². The summed E-state index contributed by atoms with van der Waals surface area (Å²) in [6.07, 6.45) is 1.53. The number of hydrogen-bond donors (Lipinski definition) is 2. The van der Waals surface area contributed by atoms with Crippen molar-refractivity contribution < 1.29 is 18.0 Å². The number of anilines is 1. The number of likely N-dealkylation sites (tertiary alicyclic amines) is 1. The minimum absolute atomic E-state index is 0.0772. The van der Waals surface area contributed by atoms with Gasteiger partial charge in [-0.3, -0.25) is 14.5 Å². The summed E-state index contributed by atoms with van der Waals surface area (Å²) >= 11 is 0. The van der Waals surface area contributed by atoms with Gasteiger partial charge in [0, 0.05) is 43.5 Å². The van der Waals surface area contributed by atoms with E-state index >= 15 is 0 Å². The molecule has 0 bridgehead atoms. The fraction of sp³-hybridized carbons (Fsp3) is 0.440. The van der Waals surface area contributed by atoms with E-state index in [4.69, 9.17) is 0 Å². The molecule has 0 radical (unpaired) electrons. The first-order valence-electron chi connectivity index (χ1n) is 11.7. The molecule has 8 nitrogen and oxygen atoms in total. The quantitative estimate of drug-likeness (QED) is 0.568. The van der Waals surface area contributed by atoms with Crippen LogP contribution in [0.2, 0.25) is 0 Å². The molecule has 2 aromatic rings. The Morgan fingerprint density at radius 2 is 1.68 bits per heavy atom. The SMILES string of the molecule is CCN(CC)S(=O)(=O)c1cc(NC(=O)CN2CCC(NC(=O)c3ccccc3)CC2)ccc1C. The lowest BCUT2D eigenvalue weighted by Crippen LogP contribution is -2.46. The Hall–Kier alpha value is -2.75. The van der Waals surface area contributed by atoms with E-state index in [1.54, 1.807) is 45.0 Å². The number of sulfonamides is 1. The number of aryl methyl sites for hydroxylation is 1. The summed E-state index contributed by atoms with van der Waals surface area (Å²) in [5.74, 6) is -0.270. The highest BCUT2D eigenvalue weighted by Gasteiger charge is 2.25. The van der Waals surface area contributed by atoms with Gasteiger partial charge in [-0.1, -0.05) is 38.1 Å². The molecule has 0 aromatic heterocycles. The van der Waals surface area contributed by atoms with Crippen molar-refractivity contribution in [2.24, 2.45) is 0 Å². The molecular formula is C25H34N4O4S. The zero-order chi connectivity index (χ0) is 24.7.